The smallest absolute Gasteiger partial charge is 0.431 e. The van der Waals surface area contributed by atoms with Crippen LogP contribution in [0.5, 0.6) is 0 Å². The molecule has 0 aliphatic carbocycles. The van der Waals surface area contributed by atoms with Gasteiger partial charge >= 0.3 is 6.16 Å². The highest BCUT2D eigenvalue weighted by Gasteiger charge is 2.20. The van der Waals surface area contributed by atoms with Crippen LogP contribution in [0.2, 0.25) is 0 Å². The first-order chi connectivity index (χ1) is 14.2. The zero-order chi connectivity index (χ0) is 21.0. The molecular weight excluding hydrogens is 362 g/mol. The number of hydrogen-bond donors (Lipinski definition) is 0. The summed E-state index contributed by atoms with van der Waals surface area (Å²) in [4.78, 5) is 11.8. The van der Waals surface area contributed by atoms with Gasteiger partial charge in [-0.2, -0.15) is 0 Å². The molecule has 29 heavy (non-hydrogen) atoms. The second-order valence-electron chi connectivity index (χ2n) is 8.89. The minimum absolute atomic E-state index is 0.0620. The van der Waals surface area contributed by atoms with Crippen molar-refractivity contribution >= 4 is 6.16 Å². The molecule has 1 rings (SSSR count). The van der Waals surface area contributed by atoms with E-state index in [2.05, 4.69) is 12.2 Å². The number of nitrogens with zero attached hydrogens (tertiary/aromatic N) is 1. The Labute approximate surface area is 180 Å². The van der Waals surface area contributed by atoms with E-state index in [1.807, 2.05) is 6.92 Å². The molecule has 1 aliphatic rings. The summed E-state index contributed by atoms with van der Waals surface area (Å²) < 4.78 is 10.6. The molecule has 4 nitrogen and oxygen atoms in total. The number of ether oxygens (including phenoxy) is 2. The fourth-order valence-corrected chi connectivity index (χ4v) is 4.02. The predicted molar refractivity (Wildman–Crippen MR) is 121 cm³/mol. The lowest BCUT2D eigenvalue weighted by atomic mass is 10.0. The van der Waals surface area contributed by atoms with E-state index in [-0.39, 0.29) is 12.3 Å². The summed E-state index contributed by atoms with van der Waals surface area (Å²) >= 11 is 0. The van der Waals surface area contributed by atoms with Crippen LogP contribution in [-0.2, 0) is 9.47 Å². The second kappa shape index (κ2) is 19.2. The lowest BCUT2D eigenvalue weighted by Crippen LogP contribution is -2.33. The maximum atomic E-state index is 11.8. The van der Waals surface area contributed by atoms with Gasteiger partial charge in [-0.15, -0.1) is 0 Å². The molecule has 171 valence electrons. The Bertz CT molecular complexity index is 369. The van der Waals surface area contributed by atoms with Crippen LogP contribution in [0.25, 0.3) is 0 Å². The molecule has 0 amide bonds. The van der Waals surface area contributed by atoms with Gasteiger partial charge in [0, 0.05) is 6.54 Å². The van der Waals surface area contributed by atoms with Crippen LogP contribution < -0.4 is 5.32 Å². The Kier molecular flexibility index (Phi) is 17.4. The fourth-order valence-electron chi connectivity index (χ4n) is 4.02. The maximum absolute atomic E-state index is 11.8. The molecule has 0 aromatic carbocycles. The average molecular weight is 411 g/mol. The average Bonchev–Trinajstić information content (AvgIpc) is 2.71. The molecular formula is C25H48NO3. The molecule has 0 bridgehead atoms. The number of piperidine rings is 1. The van der Waals surface area contributed by atoms with Gasteiger partial charge in [-0.05, 0) is 39.0 Å². The molecule has 1 heterocycles. The fraction of sp³-hybridized carbons (Fsp3) is 0.960. The van der Waals surface area contributed by atoms with E-state index in [1.54, 1.807) is 0 Å². The molecule has 2 unspecified atom stereocenters. The van der Waals surface area contributed by atoms with E-state index in [4.69, 9.17) is 9.47 Å². The maximum Gasteiger partial charge on any atom is 0.510 e. The third-order valence-corrected chi connectivity index (χ3v) is 5.94. The van der Waals surface area contributed by atoms with Crippen molar-refractivity contribution in [3.8, 4) is 0 Å². The molecule has 1 radical (unpaired) electrons. The number of rotatable bonds is 18. The van der Waals surface area contributed by atoms with Gasteiger partial charge in [0.2, 0.25) is 0 Å². The van der Waals surface area contributed by atoms with Crippen LogP contribution in [0, 0.1) is 0 Å². The van der Waals surface area contributed by atoms with Crippen LogP contribution in [0.3, 0.4) is 0 Å². The van der Waals surface area contributed by atoms with Gasteiger partial charge in [-0.3, -0.25) is 0 Å². The van der Waals surface area contributed by atoms with Crippen LogP contribution >= 0.6 is 0 Å². The van der Waals surface area contributed by atoms with Crippen molar-refractivity contribution in [3.05, 3.63) is 0 Å². The highest BCUT2D eigenvalue weighted by molar-refractivity contribution is 5.60. The predicted octanol–water partition coefficient (Wildman–Crippen LogP) is 7.90. The van der Waals surface area contributed by atoms with Gasteiger partial charge in [0.25, 0.3) is 0 Å². The van der Waals surface area contributed by atoms with Gasteiger partial charge in [-0.25, -0.2) is 10.1 Å². The number of carbonyl (C=O) groups excluding carboxylic acids is 1. The Morgan fingerprint density at radius 1 is 0.828 bits per heavy atom. The minimum Gasteiger partial charge on any atom is -0.431 e. The molecule has 0 saturated carbocycles. The topological polar surface area (TPSA) is 49.6 Å². The highest BCUT2D eigenvalue weighted by atomic mass is 16.7. The summed E-state index contributed by atoms with van der Waals surface area (Å²) in [5, 5.41) is 4.30. The van der Waals surface area contributed by atoms with E-state index in [0.717, 1.165) is 38.6 Å². The first-order valence-electron chi connectivity index (χ1n) is 12.8. The quantitative estimate of drug-likeness (QED) is 0.170. The first kappa shape index (κ1) is 26.3. The van der Waals surface area contributed by atoms with Crippen LogP contribution in [0.1, 0.15) is 136 Å². The molecule has 0 N–H and O–H groups in total. The number of hydrogen-bond acceptors (Lipinski definition) is 3. The Morgan fingerprint density at radius 2 is 1.34 bits per heavy atom. The Balaban J connectivity index is 1.79. The third-order valence-electron chi connectivity index (χ3n) is 5.94. The Morgan fingerprint density at radius 3 is 1.83 bits per heavy atom. The molecule has 0 aromatic heterocycles. The molecule has 1 aliphatic heterocycles. The van der Waals surface area contributed by atoms with Crippen LogP contribution in [0.15, 0.2) is 0 Å². The summed E-state index contributed by atoms with van der Waals surface area (Å²) in [7, 11) is 0. The summed E-state index contributed by atoms with van der Waals surface area (Å²) in [5.41, 5.74) is 0. The van der Waals surface area contributed by atoms with E-state index in [0.29, 0.717) is 0 Å². The van der Waals surface area contributed by atoms with Crippen molar-refractivity contribution in [2.45, 2.75) is 148 Å². The monoisotopic (exact) mass is 410 g/mol. The molecule has 4 heteroatoms. The van der Waals surface area contributed by atoms with Crippen LogP contribution in [-0.4, -0.2) is 25.0 Å². The van der Waals surface area contributed by atoms with Gasteiger partial charge < -0.3 is 9.47 Å². The molecule has 1 fully saturated rings. The molecule has 1 saturated heterocycles. The van der Waals surface area contributed by atoms with Gasteiger partial charge in [0.1, 0.15) is 6.10 Å². The molecule has 0 aromatic rings. The summed E-state index contributed by atoms with van der Waals surface area (Å²) in [5.74, 6) is 0. The van der Waals surface area contributed by atoms with E-state index in [1.165, 1.54) is 89.9 Å². The minimum atomic E-state index is -0.547. The second-order valence-corrected chi connectivity index (χ2v) is 8.89. The zero-order valence-electron chi connectivity index (χ0n) is 19.5. The third kappa shape index (κ3) is 16.7. The largest absolute Gasteiger partial charge is 0.510 e. The van der Waals surface area contributed by atoms with Crippen LogP contribution in [0.4, 0.5) is 4.79 Å². The zero-order valence-corrected chi connectivity index (χ0v) is 19.5. The van der Waals surface area contributed by atoms with Crippen molar-refractivity contribution in [2.24, 2.45) is 0 Å². The highest BCUT2D eigenvalue weighted by Crippen LogP contribution is 2.15. The van der Waals surface area contributed by atoms with Crippen molar-refractivity contribution in [3.63, 3.8) is 0 Å². The van der Waals surface area contributed by atoms with Crippen molar-refractivity contribution in [1.82, 2.24) is 5.32 Å². The summed E-state index contributed by atoms with van der Waals surface area (Å²) in [6.45, 7) is 5.04. The van der Waals surface area contributed by atoms with Crippen molar-refractivity contribution < 1.29 is 14.3 Å². The summed E-state index contributed by atoms with van der Waals surface area (Å²) in [6.07, 6.45) is 23.6. The lowest BCUT2D eigenvalue weighted by molar-refractivity contribution is -0.0176. The first-order valence-corrected chi connectivity index (χ1v) is 12.8. The molecule has 0 spiro atoms. The van der Waals surface area contributed by atoms with E-state index in [9.17, 15) is 4.79 Å². The van der Waals surface area contributed by atoms with Gasteiger partial charge in [-0.1, -0.05) is 96.8 Å². The van der Waals surface area contributed by atoms with E-state index >= 15 is 0 Å². The Hall–Kier alpha value is -0.770. The SMILES string of the molecule is CCCCCCCCCCCCCCCCCC(C)OC(=O)OC1CCCC[N]1. The van der Waals surface area contributed by atoms with Crippen molar-refractivity contribution in [2.75, 3.05) is 6.54 Å². The lowest BCUT2D eigenvalue weighted by Gasteiger charge is -2.22. The number of unbranched alkanes of at least 4 members (excludes halogenated alkanes) is 14. The summed E-state index contributed by atoms with van der Waals surface area (Å²) in [6, 6.07) is 0. The number of carbonyl (C=O) groups is 1. The van der Waals surface area contributed by atoms with Crippen molar-refractivity contribution in [1.29, 1.82) is 0 Å². The molecule has 2 atom stereocenters. The van der Waals surface area contributed by atoms with Gasteiger partial charge in [0.05, 0.1) is 0 Å². The standard InChI is InChI=1S/C25H48NO3/c1-3-4-5-6-7-8-9-10-11-12-13-14-15-16-17-20-23(2)28-25(27)29-24-21-18-19-22-26-24/h23-24H,3-22H2,1-2H3. The van der Waals surface area contributed by atoms with Gasteiger partial charge in [0.15, 0.2) is 6.23 Å². The van der Waals surface area contributed by atoms with E-state index < -0.39 is 6.16 Å². The normalized spacial score (nSPS) is 17.8.